The molecule has 0 saturated heterocycles. The van der Waals surface area contributed by atoms with Gasteiger partial charge in [0.2, 0.25) is 0 Å². The fourth-order valence-corrected chi connectivity index (χ4v) is 1.41. The molecule has 0 aliphatic carbocycles. The van der Waals surface area contributed by atoms with Crippen molar-refractivity contribution < 1.29 is 23.5 Å². The van der Waals surface area contributed by atoms with Crippen molar-refractivity contribution in [1.82, 2.24) is 0 Å². The van der Waals surface area contributed by atoms with Crippen LogP contribution in [0.4, 0.5) is 15.8 Å². The standard InChI is InChI=1S/C14H17FN2O4/c1-3-20-13(18)10(14(19)21-4-2)8-17-9-5-6-11(15)12(16)7-9/h5-8,17H,3-4,16H2,1-2H3. The molecule has 0 aliphatic heterocycles. The molecule has 0 aliphatic rings. The average Bonchev–Trinajstić information content (AvgIpc) is 2.43. The quantitative estimate of drug-likeness (QED) is 0.274. The van der Waals surface area contributed by atoms with E-state index in [-0.39, 0.29) is 24.5 Å². The number of hydrogen-bond donors (Lipinski definition) is 2. The van der Waals surface area contributed by atoms with Crippen LogP contribution in [0.3, 0.4) is 0 Å². The highest BCUT2D eigenvalue weighted by Crippen LogP contribution is 2.16. The number of hydrogen-bond acceptors (Lipinski definition) is 6. The first kappa shape index (κ1) is 16.5. The van der Waals surface area contributed by atoms with E-state index in [1.807, 2.05) is 0 Å². The van der Waals surface area contributed by atoms with Crippen molar-refractivity contribution in [2.24, 2.45) is 0 Å². The summed E-state index contributed by atoms with van der Waals surface area (Å²) in [6, 6.07) is 3.91. The van der Waals surface area contributed by atoms with Crippen LogP contribution in [0.5, 0.6) is 0 Å². The minimum absolute atomic E-state index is 0.0535. The third-order valence-corrected chi connectivity index (χ3v) is 2.37. The highest BCUT2D eigenvalue weighted by atomic mass is 19.1. The lowest BCUT2D eigenvalue weighted by Crippen LogP contribution is -2.19. The number of anilines is 2. The number of halogens is 1. The first-order chi connectivity index (χ1) is 9.99. The van der Waals surface area contributed by atoms with Crippen LogP contribution >= 0.6 is 0 Å². The summed E-state index contributed by atoms with van der Waals surface area (Å²) in [5, 5.41) is 2.68. The molecular weight excluding hydrogens is 279 g/mol. The molecule has 0 fully saturated rings. The molecule has 0 bridgehead atoms. The number of carbonyl (C=O) groups is 2. The van der Waals surface area contributed by atoms with Crippen molar-refractivity contribution in [2.75, 3.05) is 24.3 Å². The van der Waals surface area contributed by atoms with Gasteiger partial charge in [-0.05, 0) is 32.0 Å². The van der Waals surface area contributed by atoms with Gasteiger partial charge in [0.25, 0.3) is 0 Å². The molecule has 0 spiro atoms. The zero-order valence-electron chi connectivity index (χ0n) is 11.8. The van der Waals surface area contributed by atoms with Gasteiger partial charge in [0, 0.05) is 11.9 Å². The number of benzene rings is 1. The molecular formula is C14H17FN2O4. The van der Waals surface area contributed by atoms with E-state index in [1.165, 1.54) is 18.2 Å². The van der Waals surface area contributed by atoms with E-state index in [0.717, 1.165) is 6.20 Å². The monoisotopic (exact) mass is 296 g/mol. The molecule has 1 aromatic rings. The van der Waals surface area contributed by atoms with Gasteiger partial charge >= 0.3 is 11.9 Å². The van der Waals surface area contributed by atoms with Gasteiger partial charge in [-0.15, -0.1) is 0 Å². The van der Waals surface area contributed by atoms with Crippen LogP contribution in [-0.2, 0) is 19.1 Å². The molecule has 0 saturated carbocycles. The summed E-state index contributed by atoms with van der Waals surface area (Å²) in [4.78, 5) is 23.4. The van der Waals surface area contributed by atoms with E-state index >= 15 is 0 Å². The second-order valence-electron chi connectivity index (χ2n) is 3.88. The molecule has 1 rings (SSSR count). The topological polar surface area (TPSA) is 90.6 Å². The van der Waals surface area contributed by atoms with Crippen molar-refractivity contribution >= 4 is 23.3 Å². The summed E-state index contributed by atoms with van der Waals surface area (Å²) >= 11 is 0. The van der Waals surface area contributed by atoms with E-state index in [9.17, 15) is 14.0 Å². The normalized spacial score (nSPS) is 9.67. The van der Waals surface area contributed by atoms with Gasteiger partial charge in [0.05, 0.1) is 18.9 Å². The molecule has 0 radical (unpaired) electrons. The predicted octanol–water partition coefficient (Wildman–Crippen LogP) is 1.83. The summed E-state index contributed by atoms with van der Waals surface area (Å²) < 4.78 is 22.6. The summed E-state index contributed by atoms with van der Waals surface area (Å²) in [6.07, 6.45) is 1.14. The fourth-order valence-electron chi connectivity index (χ4n) is 1.41. The zero-order chi connectivity index (χ0) is 15.8. The highest BCUT2D eigenvalue weighted by molar-refractivity contribution is 6.14. The molecule has 3 N–H and O–H groups in total. The zero-order valence-corrected chi connectivity index (χ0v) is 11.8. The predicted molar refractivity (Wildman–Crippen MR) is 75.8 cm³/mol. The van der Waals surface area contributed by atoms with E-state index in [4.69, 9.17) is 15.2 Å². The molecule has 0 aromatic heterocycles. The summed E-state index contributed by atoms with van der Waals surface area (Å²) in [5.41, 5.74) is 5.50. The number of carbonyl (C=O) groups excluding carboxylic acids is 2. The Labute approximate surface area is 121 Å². The van der Waals surface area contributed by atoms with E-state index < -0.39 is 17.8 Å². The maximum atomic E-state index is 13.0. The van der Waals surface area contributed by atoms with Crippen molar-refractivity contribution in [3.8, 4) is 0 Å². The van der Waals surface area contributed by atoms with Gasteiger partial charge in [-0.25, -0.2) is 14.0 Å². The first-order valence-electron chi connectivity index (χ1n) is 6.35. The minimum Gasteiger partial charge on any atom is -0.462 e. The first-order valence-corrected chi connectivity index (χ1v) is 6.35. The van der Waals surface area contributed by atoms with Gasteiger partial charge in [0.15, 0.2) is 5.57 Å². The second kappa shape index (κ2) is 7.88. The second-order valence-corrected chi connectivity index (χ2v) is 3.88. The number of nitrogens with one attached hydrogen (secondary N) is 1. The number of ether oxygens (including phenoxy) is 2. The Balaban J connectivity index is 2.93. The number of esters is 2. The molecule has 0 heterocycles. The summed E-state index contributed by atoms with van der Waals surface area (Å²) in [6.45, 7) is 3.49. The SMILES string of the molecule is CCOC(=O)C(=CNc1ccc(F)c(N)c1)C(=O)OCC. The molecule has 114 valence electrons. The molecule has 7 heteroatoms. The van der Waals surface area contributed by atoms with Crippen molar-refractivity contribution in [3.63, 3.8) is 0 Å². The van der Waals surface area contributed by atoms with Crippen molar-refractivity contribution in [1.29, 1.82) is 0 Å². The maximum absolute atomic E-state index is 13.0. The lowest BCUT2D eigenvalue weighted by Gasteiger charge is -2.08. The molecule has 0 amide bonds. The Kier molecular flexibility index (Phi) is 6.19. The van der Waals surface area contributed by atoms with Gasteiger partial charge < -0.3 is 20.5 Å². The van der Waals surface area contributed by atoms with Crippen LogP contribution in [0, 0.1) is 5.82 Å². The molecule has 0 atom stereocenters. The minimum atomic E-state index is -0.807. The van der Waals surface area contributed by atoms with Gasteiger partial charge in [-0.2, -0.15) is 0 Å². The Morgan fingerprint density at radius 2 is 1.81 bits per heavy atom. The smallest absolute Gasteiger partial charge is 0.347 e. The van der Waals surface area contributed by atoms with Crippen LogP contribution in [0.25, 0.3) is 0 Å². The van der Waals surface area contributed by atoms with E-state index in [1.54, 1.807) is 13.8 Å². The molecule has 1 aromatic carbocycles. The molecule has 6 nitrogen and oxygen atoms in total. The van der Waals surface area contributed by atoms with Crippen LogP contribution in [-0.4, -0.2) is 25.2 Å². The van der Waals surface area contributed by atoms with Gasteiger partial charge in [-0.3, -0.25) is 0 Å². The van der Waals surface area contributed by atoms with Crippen LogP contribution < -0.4 is 11.1 Å². The summed E-state index contributed by atoms with van der Waals surface area (Å²) in [7, 11) is 0. The highest BCUT2D eigenvalue weighted by Gasteiger charge is 2.20. The average molecular weight is 296 g/mol. The Morgan fingerprint density at radius 3 is 2.29 bits per heavy atom. The maximum Gasteiger partial charge on any atom is 0.347 e. The molecule has 21 heavy (non-hydrogen) atoms. The van der Waals surface area contributed by atoms with Crippen LogP contribution in [0.2, 0.25) is 0 Å². The Hall–Kier alpha value is -2.57. The number of nitrogens with two attached hydrogens (primary N) is 1. The van der Waals surface area contributed by atoms with E-state index in [0.29, 0.717) is 5.69 Å². The van der Waals surface area contributed by atoms with Crippen molar-refractivity contribution in [2.45, 2.75) is 13.8 Å². The summed E-state index contributed by atoms with van der Waals surface area (Å²) in [5.74, 6) is -2.17. The van der Waals surface area contributed by atoms with Crippen LogP contribution in [0.15, 0.2) is 30.0 Å². The van der Waals surface area contributed by atoms with E-state index in [2.05, 4.69) is 5.32 Å². The third kappa shape index (κ3) is 4.79. The molecule has 0 unspecified atom stereocenters. The lowest BCUT2D eigenvalue weighted by atomic mass is 10.2. The van der Waals surface area contributed by atoms with Crippen LogP contribution in [0.1, 0.15) is 13.8 Å². The Morgan fingerprint density at radius 1 is 1.24 bits per heavy atom. The Bertz CT molecular complexity index is 538. The largest absolute Gasteiger partial charge is 0.462 e. The van der Waals surface area contributed by atoms with Crippen molar-refractivity contribution in [3.05, 3.63) is 35.8 Å². The number of rotatable bonds is 6. The van der Waals surface area contributed by atoms with Gasteiger partial charge in [-0.1, -0.05) is 0 Å². The number of nitrogen functional groups attached to an aromatic ring is 1. The van der Waals surface area contributed by atoms with Gasteiger partial charge in [0.1, 0.15) is 5.82 Å². The fraction of sp³-hybridized carbons (Fsp3) is 0.286. The third-order valence-electron chi connectivity index (χ3n) is 2.37. The lowest BCUT2D eigenvalue weighted by molar-refractivity contribution is -0.146.